The first-order valence-electron chi connectivity index (χ1n) is 6.79. The Hall–Kier alpha value is -1.68. The maximum atomic E-state index is 12.1. The average Bonchev–Trinajstić information content (AvgIpc) is 2.47. The molecule has 4 nitrogen and oxygen atoms in total. The number of hydrogen-bond acceptors (Lipinski definition) is 3. The summed E-state index contributed by atoms with van der Waals surface area (Å²) < 4.78 is 0. The van der Waals surface area contributed by atoms with Gasteiger partial charge in [0.25, 0.3) is 0 Å². The van der Waals surface area contributed by atoms with Crippen molar-refractivity contribution in [3.05, 3.63) is 37.2 Å². The number of aromatic nitrogens is 1. The topological polar surface area (TPSA) is 68.0 Å². The summed E-state index contributed by atoms with van der Waals surface area (Å²) in [6.07, 6.45) is 8.97. The Kier molecular flexibility index (Phi) is 4.68. The third-order valence-electron chi connectivity index (χ3n) is 3.91. The van der Waals surface area contributed by atoms with Crippen molar-refractivity contribution in [2.24, 2.45) is 17.6 Å². The van der Waals surface area contributed by atoms with E-state index in [1.165, 1.54) is 0 Å². The van der Waals surface area contributed by atoms with Crippen LogP contribution in [0.4, 0.5) is 5.69 Å². The van der Waals surface area contributed by atoms with Gasteiger partial charge in [-0.05, 0) is 43.7 Å². The third-order valence-corrected chi connectivity index (χ3v) is 3.91. The van der Waals surface area contributed by atoms with Crippen molar-refractivity contribution in [3.8, 4) is 0 Å². The van der Waals surface area contributed by atoms with Crippen molar-refractivity contribution >= 4 is 11.6 Å². The monoisotopic (exact) mass is 259 g/mol. The van der Waals surface area contributed by atoms with Crippen molar-refractivity contribution in [1.29, 1.82) is 0 Å². The predicted molar refractivity (Wildman–Crippen MR) is 76.5 cm³/mol. The Morgan fingerprint density at radius 3 is 2.58 bits per heavy atom. The van der Waals surface area contributed by atoms with Crippen molar-refractivity contribution < 1.29 is 4.79 Å². The molecule has 4 heteroatoms. The van der Waals surface area contributed by atoms with Crippen LogP contribution in [0.1, 0.15) is 25.7 Å². The molecule has 1 unspecified atom stereocenters. The van der Waals surface area contributed by atoms with E-state index in [4.69, 9.17) is 5.73 Å². The summed E-state index contributed by atoms with van der Waals surface area (Å²) in [5, 5.41) is 2.94. The summed E-state index contributed by atoms with van der Waals surface area (Å²) in [5.74, 6) is 0.681. The maximum Gasteiger partial charge on any atom is 0.227 e. The molecule has 1 fully saturated rings. The van der Waals surface area contributed by atoms with Crippen molar-refractivity contribution in [1.82, 2.24) is 4.98 Å². The molecular formula is C15H21N3O. The van der Waals surface area contributed by atoms with Gasteiger partial charge in [-0.15, -0.1) is 6.58 Å². The molecule has 19 heavy (non-hydrogen) atoms. The van der Waals surface area contributed by atoms with E-state index in [2.05, 4.69) is 16.9 Å². The molecule has 1 aromatic rings. The lowest BCUT2D eigenvalue weighted by atomic mass is 9.78. The number of carbonyl (C=O) groups is 1. The molecule has 102 valence electrons. The predicted octanol–water partition coefficient (Wildman–Crippen LogP) is 2.34. The van der Waals surface area contributed by atoms with E-state index in [-0.39, 0.29) is 17.9 Å². The Balaban J connectivity index is 1.84. The largest absolute Gasteiger partial charge is 0.326 e. The van der Waals surface area contributed by atoms with Crippen LogP contribution in [0.25, 0.3) is 0 Å². The molecule has 2 rings (SSSR count). The lowest BCUT2D eigenvalue weighted by molar-refractivity contribution is -0.121. The number of rotatable bonds is 4. The van der Waals surface area contributed by atoms with Crippen LogP contribution in [0.3, 0.4) is 0 Å². The van der Waals surface area contributed by atoms with Gasteiger partial charge in [0.05, 0.1) is 0 Å². The first-order valence-corrected chi connectivity index (χ1v) is 6.79. The molecule has 0 aliphatic heterocycles. The SMILES string of the molecule is C=CC(N)C1CCC(C(=O)Nc2ccncc2)CC1. The minimum Gasteiger partial charge on any atom is -0.326 e. The van der Waals surface area contributed by atoms with E-state index in [0.29, 0.717) is 5.92 Å². The lowest BCUT2D eigenvalue weighted by Gasteiger charge is -2.30. The number of anilines is 1. The van der Waals surface area contributed by atoms with Crippen LogP contribution < -0.4 is 11.1 Å². The second-order valence-corrected chi connectivity index (χ2v) is 5.15. The quantitative estimate of drug-likeness (QED) is 0.815. The van der Waals surface area contributed by atoms with E-state index in [0.717, 1.165) is 31.4 Å². The first-order chi connectivity index (χ1) is 9.20. The van der Waals surface area contributed by atoms with E-state index < -0.39 is 0 Å². The minimum absolute atomic E-state index is 0.0595. The fraction of sp³-hybridized carbons (Fsp3) is 0.467. The Labute approximate surface area is 114 Å². The van der Waals surface area contributed by atoms with Crippen LogP contribution in [0, 0.1) is 11.8 Å². The molecule has 3 N–H and O–H groups in total. The Morgan fingerprint density at radius 2 is 2.00 bits per heavy atom. The molecule has 1 amide bonds. The fourth-order valence-corrected chi connectivity index (χ4v) is 2.64. The molecule has 0 aromatic carbocycles. The lowest BCUT2D eigenvalue weighted by Crippen LogP contribution is -2.34. The van der Waals surface area contributed by atoms with Crippen molar-refractivity contribution in [2.75, 3.05) is 5.32 Å². The highest BCUT2D eigenvalue weighted by atomic mass is 16.1. The minimum atomic E-state index is 0.0595. The van der Waals surface area contributed by atoms with Crippen LogP contribution >= 0.6 is 0 Å². The molecule has 0 saturated heterocycles. The molecule has 1 atom stereocenters. The number of carbonyl (C=O) groups excluding carboxylic acids is 1. The molecule has 0 spiro atoms. The number of amides is 1. The third kappa shape index (κ3) is 3.64. The van der Waals surface area contributed by atoms with Gasteiger partial charge in [0, 0.05) is 30.0 Å². The van der Waals surface area contributed by atoms with E-state index in [1.807, 2.05) is 6.08 Å². The summed E-state index contributed by atoms with van der Waals surface area (Å²) in [6, 6.07) is 3.66. The maximum absolute atomic E-state index is 12.1. The van der Waals surface area contributed by atoms with E-state index in [1.54, 1.807) is 24.5 Å². The van der Waals surface area contributed by atoms with Gasteiger partial charge in [-0.3, -0.25) is 9.78 Å². The van der Waals surface area contributed by atoms with Crippen molar-refractivity contribution in [2.45, 2.75) is 31.7 Å². The molecule has 1 aliphatic carbocycles. The van der Waals surface area contributed by atoms with Crippen LogP contribution in [-0.4, -0.2) is 16.9 Å². The van der Waals surface area contributed by atoms with Gasteiger partial charge in [0.2, 0.25) is 5.91 Å². The zero-order valence-corrected chi connectivity index (χ0v) is 11.1. The number of nitrogens with zero attached hydrogens (tertiary/aromatic N) is 1. The first kappa shape index (κ1) is 13.7. The zero-order valence-electron chi connectivity index (χ0n) is 11.1. The van der Waals surface area contributed by atoms with Crippen LogP contribution in [0.15, 0.2) is 37.2 Å². The van der Waals surface area contributed by atoms with Gasteiger partial charge in [0.15, 0.2) is 0 Å². The summed E-state index contributed by atoms with van der Waals surface area (Å²) in [4.78, 5) is 16.1. The van der Waals surface area contributed by atoms with Gasteiger partial charge < -0.3 is 11.1 Å². The van der Waals surface area contributed by atoms with Gasteiger partial charge in [-0.1, -0.05) is 6.08 Å². The smallest absolute Gasteiger partial charge is 0.227 e. The molecule has 1 heterocycles. The summed E-state index contributed by atoms with van der Waals surface area (Å²) >= 11 is 0. The molecule has 1 aliphatic rings. The fourth-order valence-electron chi connectivity index (χ4n) is 2.64. The molecule has 0 radical (unpaired) electrons. The highest BCUT2D eigenvalue weighted by Crippen LogP contribution is 2.31. The molecular weight excluding hydrogens is 238 g/mol. The highest BCUT2D eigenvalue weighted by molar-refractivity contribution is 5.92. The summed E-state index contributed by atoms with van der Waals surface area (Å²) in [5.41, 5.74) is 6.78. The number of nitrogens with one attached hydrogen (secondary N) is 1. The van der Waals surface area contributed by atoms with Gasteiger partial charge in [-0.2, -0.15) is 0 Å². The standard InChI is InChI=1S/C15H21N3O/c1-2-14(16)11-3-5-12(6-4-11)15(19)18-13-7-9-17-10-8-13/h2,7-12,14H,1,3-6,16H2,(H,17,18,19). The summed E-state index contributed by atoms with van der Waals surface area (Å²) in [7, 11) is 0. The normalized spacial score (nSPS) is 24.5. The number of nitrogens with two attached hydrogens (primary N) is 1. The Bertz CT molecular complexity index is 424. The number of hydrogen-bond donors (Lipinski definition) is 2. The van der Waals surface area contributed by atoms with Crippen LogP contribution in [0.2, 0.25) is 0 Å². The average molecular weight is 259 g/mol. The summed E-state index contributed by atoms with van der Waals surface area (Å²) in [6.45, 7) is 3.74. The second-order valence-electron chi connectivity index (χ2n) is 5.15. The van der Waals surface area contributed by atoms with E-state index in [9.17, 15) is 4.79 Å². The molecule has 1 aromatic heterocycles. The van der Waals surface area contributed by atoms with Crippen LogP contribution in [0.5, 0.6) is 0 Å². The number of pyridine rings is 1. The highest BCUT2D eigenvalue weighted by Gasteiger charge is 2.28. The van der Waals surface area contributed by atoms with Crippen molar-refractivity contribution in [3.63, 3.8) is 0 Å². The van der Waals surface area contributed by atoms with Crippen LogP contribution in [-0.2, 0) is 4.79 Å². The Morgan fingerprint density at radius 1 is 1.37 bits per heavy atom. The second kappa shape index (κ2) is 6.48. The van der Waals surface area contributed by atoms with E-state index >= 15 is 0 Å². The zero-order chi connectivity index (χ0) is 13.7. The van der Waals surface area contributed by atoms with Gasteiger partial charge in [0.1, 0.15) is 0 Å². The molecule has 1 saturated carbocycles. The molecule has 0 bridgehead atoms. The van der Waals surface area contributed by atoms with Gasteiger partial charge in [-0.25, -0.2) is 0 Å². The van der Waals surface area contributed by atoms with Gasteiger partial charge >= 0.3 is 0 Å².